The van der Waals surface area contributed by atoms with Crippen LogP contribution < -0.4 is 10.2 Å². The molecular formula is C26H28ClN3O4. The number of halogens is 1. The first kappa shape index (κ1) is 23.8. The Kier molecular flexibility index (Phi) is 7.22. The van der Waals surface area contributed by atoms with E-state index in [4.69, 9.17) is 11.6 Å². The topological polar surface area (TPSA) is 90.0 Å². The third kappa shape index (κ3) is 5.25. The van der Waals surface area contributed by atoms with Crippen molar-refractivity contribution in [3.63, 3.8) is 0 Å². The first-order valence-corrected chi connectivity index (χ1v) is 11.8. The van der Waals surface area contributed by atoms with E-state index in [1.165, 1.54) is 0 Å². The number of nitrogens with one attached hydrogen (secondary N) is 1. The smallest absolute Gasteiger partial charge is 0.307 e. The minimum atomic E-state index is -0.977. The summed E-state index contributed by atoms with van der Waals surface area (Å²) in [6.07, 6.45) is 2.64. The molecule has 178 valence electrons. The fourth-order valence-corrected chi connectivity index (χ4v) is 4.81. The van der Waals surface area contributed by atoms with E-state index in [0.29, 0.717) is 55.3 Å². The third-order valence-electron chi connectivity index (χ3n) is 6.56. The third-order valence-corrected chi connectivity index (χ3v) is 6.79. The zero-order chi connectivity index (χ0) is 24.2. The predicted molar refractivity (Wildman–Crippen MR) is 132 cm³/mol. The molecule has 1 aliphatic heterocycles. The molecule has 0 bridgehead atoms. The van der Waals surface area contributed by atoms with Crippen LogP contribution in [0.4, 0.5) is 11.4 Å². The molecule has 2 aliphatic rings. The van der Waals surface area contributed by atoms with Crippen LogP contribution in [0.25, 0.3) is 0 Å². The van der Waals surface area contributed by atoms with E-state index in [-0.39, 0.29) is 11.8 Å². The van der Waals surface area contributed by atoms with Crippen LogP contribution in [0, 0.1) is 11.8 Å². The molecule has 34 heavy (non-hydrogen) atoms. The highest BCUT2D eigenvalue weighted by Gasteiger charge is 2.36. The largest absolute Gasteiger partial charge is 0.481 e. The number of amides is 2. The van der Waals surface area contributed by atoms with Gasteiger partial charge in [0, 0.05) is 36.9 Å². The molecule has 0 radical (unpaired) electrons. The maximum atomic E-state index is 13.3. The second-order valence-electron chi connectivity index (χ2n) is 8.84. The Labute approximate surface area is 204 Å². The van der Waals surface area contributed by atoms with Crippen LogP contribution in [-0.2, 0) is 9.59 Å². The van der Waals surface area contributed by atoms with Gasteiger partial charge in [0.25, 0.3) is 5.91 Å². The monoisotopic (exact) mass is 481 g/mol. The molecule has 2 N–H and O–H groups in total. The van der Waals surface area contributed by atoms with Gasteiger partial charge in [-0.05, 0) is 50.1 Å². The highest BCUT2D eigenvalue weighted by atomic mass is 35.5. The Morgan fingerprint density at radius 2 is 1.74 bits per heavy atom. The lowest BCUT2D eigenvalue weighted by atomic mass is 9.79. The maximum Gasteiger partial charge on any atom is 0.307 e. The van der Waals surface area contributed by atoms with E-state index in [0.717, 1.165) is 11.3 Å². The molecule has 2 atom stereocenters. The van der Waals surface area contributed by atoms with Gasteiger partial charge in [-0.3, -0.25) is 14.4 Å². The van der Waals surface area contributed by atoms with Crippen molar-refractivity contribution in [1.82, 2.24) is 4.90 Å². The van der Waals surface area contributed by atoms with E-state index < -0.39 is 17.8 Å². The Hall–Kier alpha value is -3.32. The molecule has 0 saturated carbocycles. The second-order valence-corrected chi connectivity index (χ2v) is 9.27. The Balaban J connectivity index is 1.44. The van der Waals surface area contributed by atoms with E-state index >= 15 is 0 Å². The molecule has 4 rings (SSSR count). The lowest BCUT2D eigenvalue weighted by Crippen LogP contribution is -2.49. The van der Waals surface area contributed by atoms with Crippen molar-refractivity contribution < 1.29 is 19.5 Å². The van der Waals surface area contributed by atoms with E-state index in [1.54, 1.807) is 29.2 Å². The van der Waals surface area contributed by atoms with Gasteiger partial charge in [0.05, 0.1) is 23.1 Å². The summed E-state index contributed by atoms with van der Waals surface area (Å²) in [4.78, 5) is 42.0. The van der Waals surface area contributed by atoms with Crippen LogP contribution in [0.5, 0.6) is 0 Å². The number of rotatable bonds is 5. The fourth-order valence-electron chi connectivity index (χ4n) is 4.63. The summed E-state index contributed by atoms with van der Waals surface area (Å²) < 4.78 is 0. The summed E-state index contributed by atoms with van der Waals surface area (Å²) in [5.41, 5.74) is 2.81. The number of hydrogen-bond donors (Lipinski definition) is 2. The van der Waals surface area contributed by atoms with Crippen molar-refractivity contribution in [3.05, 3.63) is 70.8 Å². The van der Waals surface area contributed by atoms with Crippen molar-refractivity contribution in [3.8, 4) is 0 Å². The maximum absolute atomic E-state index is 13.3. The molecule has 8 heteroatoms. The van der Waals surface area contributed by atoms with Crippen LogP contribution in [0.15, 0.2) is 60.2 Å². The van der Waals surface area contributed by atoms with Crippen molar-refractivity contribution in [2.75, 3.05) is 36.4 Å². The number of benzene rings is 2. The number of aliphatic carboxylic acids is 1. The molecule has 0 unspecified atom stereocenters. The zero-order valence-corrected chi connectivity index (χ0v) is 19.8. The minimum Gasteiger partial charge on any atom is -0.481 e. The number of carboxylic acids is 1. The van der Waals surface area contributed by atoms with Crippen LogP contribution >= 0.6 is 11.6 Å². The van der Waals surface area contributed by atoms with Gasteiger partial charge in [-0.15, -0.1) is 0 Å². The zero-order valence-electron chi connectivity index (χ0n) is 19.0. The van der Waals surface area contributed by atoms with E-state index in [9.17, 15) is 19.5 Å². The molecule has 7 nitrogen and oxygen atoms in total. The number of hydrogen-bond acceptors (Lipinski definition) is 4. The number of nitrogens with zero attached hydrogens (tertiary/aromatic N) is 2. The van der Waals surface area contributed by atoms with Gasteiger partial charge in [-0.1, -0.05) is 41.4 Å². The lowest BCUT2D eigenvalue weighted by Gasteiger charge is -2.36. The Morgan fingerprint density at radius 3 is 2.44 bits per heavy atom. The fraction of sp³-hybridized carbons (Fsp3) is 0.346. The van der Waals surface area contributed by atoms with Gasteiger partial charge in [0.2, 0.25) is 5.91 Å². The number of piperazine rings is 1. The minimum absolute atomic E-state index is 0.157. The molecule has 1 aliphatic carbocycles. The Morgan fingerprint density at radius 1 is 1.00 bits per heavy atom. The second kappa shape index (κ2) is 10.3. The standard InChI is InChI=1S/C26H28ClN3O4/c1-17-9-10-20(22(15-17)26(33)34)24(31)28-23-8-3-2-7-21(23)25(32)30-13-11-29(12-14-30)19-6-4-5-18(27)16-19/h2-9,16,20,22H,10-15H2,1H3,(H,28,31)(H,33,34)/t20-,22+/m0/s1. The van der Waals surface area contributed by atoms with Gasteiger partial charge in [0.15, 0.2) is 0 Å². The number of carbonyl (C=O) groups is 3. The molecule has 1 fully saturated rings. The molecule has 0 spiro atoms. The first-order valence-electron chi connectivity index (χ1n) is 11.4. The average Bonchev–Trinajstić information content (AvgIpc) is 2.84. The molecule has 2 amide bonds. The summed E-state index contributed by atoms with van der Waals surface area (Å²) in [5, 5.41) is 13.1. The summed E-state index contributed by atoms with van der Waals surface area (Å²) in [6.45, 7) is 4.32. The molecule has 2 aromatic carbocycles. The average molecular weight is 482 g/mol. The molecule has 1 heterocycles. The summed E-state index contributed by atoms with van der Waals surface area (Å²) >= 11 is 6.11. The molecule has 0 aromatic heterocycles. The highest BCUT2D eigenvalue weighted by Crippen LogP contribution is 2.31. The number of carbonyl (C=O) groups excluding carboxylic acids is 2. The predicted octanol–water partition coefficient (Wildman–Crippen LogP) is 4.30. The van der Waals surface area contributed by atoms with Crippen molar-refractivity contribution >= 4 is 40.8 Å². The van der Waals surface area contributed by atoms with Gasteiger partial charge in [0.1, 0.15) is 0 Å². The Bertz CT molecular complexity index is 1120. The van der Waals surface area contributed by atoms with Crippen LogP contribution in [0.2, 0.25) is 5.02 Å². The van der Waals surface area contributed by atoms with Gasteiger partial charge in [-0.2, -0.15) is 0 Å². The van der Waals surface area contributed by atoms with Crippen LogP contribution in [0.1, 0.15) is 30.1 Å². The molecule has 2 aromatic rings. The van der Waals surface area contributed by atoms with Crippen LogP contribution in [0.3, 0.4) is 0 Å². The highest BCUT2D eigenvalue weighted by molar-refractivity contribution is 6.30. The lowest BCUT2D eigenvalue weighted by molar-refractivity contribution is -0.146. The number of carboxylic acid groups (broad SMARTS) is 1. The van der Waals surface area contributed by atoms with Crippen molar-refractivity contribution in [2.45, 2.75) is 19.8 Å². The van der Waals surface area contributed by atoms with Crippen molar-refractivity contribution in [1.29, 1.82) is 0 Å². The first-order chi connectivity index (χ1) is 16.3. The molecule has 1 saturated heterocycles. The molecular weight excluding hydrogens is 454 g/mol. The summed E-state index contributed by atoms with van der Waals surface area (Å²) in [6, 6.07) is 14.6. The van der Waals surface area contributed by atoms with Gasteiger partial charge in [-0.25, -0.2) is 0 Å². The quantitative estimate of drug-likeness (QED) is 0.621. The van der Waals surface area contributed by atoms with Crippen LogP contribution in [-0.4, -0.2) is 54.0 Å². The normalized spacial score (nSPS) is 20.5. The summed E-state index contributed by atoms with van der Waals surface area (Å²) in [5.74, 6) is -2.95. The number of para-hydroxylation sites is 1. The SMILES string of the molecule is CC1=CC[C@H](C(=O)Nc2ccccc2C(=O)N2CCN(c3cccc(Cl)c3)CC2)[C@H](C(=O)O)C1. The van der Waals surface area contributed by atoms with Crippen molar-refractivity contribution in [2.24, 2.45) is 11.8 Å². The summed E-state index contributed by atoms with van der Waals surface area (Å²) in [7, 11) is 0. The van der Waals surface area contributed by atoms with Gasteiger partial charge >= 0.3 is 5.97 Å². The van der Waals surface area contributed by atoms with E-state index in [2.05, 4.69) is 10.2 Å². The van der Waals surface area contributed by atoms with E-state index in [1.807, 2.05) is 37.3 Å². The van der Waals surface area contributed by atoms with Gasteiger partial charge < -0.3 is 20.2 Å². The number of allylic oxidation sites excluding steroid dienone is 2. The number of anilines is 2.